The molecule has 0 spiro atoms. The first-order valence-electron chi connectivity index (χ1n) is 7.60. The minimum absolute atomic E-state index is 0.449. The molecule has 0 unspecified atom stereocenters. The van der Waals surface area contributed by atoms with Gasteiger partial charge in [-0.15, -0.1) is 0 Å². The van der Waals surface area contributed by atoms with Crippen LogP contribution in [0.5, 0.6) is 11.5 Å². The Bertz CT molecular complexity index is 695. The van der Waals surface area contributed by atoms with Crippen LogP contribution in [0.3, 0.4) is 0 Å². The molecule has 0 aliphatic heterocycles. The van der Waals surface area contributed by atoms with Crippen LogP contribution in [0.2, 0.25) is 0 Å². The highest BCUT2D eigenvalue weighted by molar-refractivity contribution is 5.93. The van der Waals surface area contributed by atoms with E-state index in [4.69, 9.17) is 9.47 Å². The molecule has 0 saturated heterocycles. The molecule has 0 heterocycles. The monoisotopic (exact) mass is 324 g/mol. The second-order valence-corrected chi connectivity index (χ2v) is 5.82. The van der Waals surface area contributed by atoms with Crippen molar-refractivity contribution in [2.75, 3.05) is 0 Å². The standard InChI is InChI=1S/C20H20O4/c1-13-7-14(2)10-17(9-13)23-19(21)5-6-20(22)24-18-11-15(3)8-16(4)12-18/h5-12H,1-4H3/b6-5+. The van der Waals surface area contributed by atoms with Crippen molar-refractivity contribution >= 4 is 11.9 Å². The van der Waals surface area contributed by atoms with Gasteiger partial charge in [0.25, 0.3) is 0 Å². The number of hydrogen-bond donors (Lipinski definition) is 0. The Morgan fingerprint density at radius 1 is 0.625 bits per heavy atom. The number of carbonyl (C=O) groups is 2. The van der Waals surface area contributed by atoms with Gasteiger partial charge in [-0.05, 0) is 74.2 Å². The quantitative estimate of drug-likeness (QED) is 0.485. The van der Waals surface area contributed by atoms with Crippen LogP contribution in [0.15, 0.2) is 48.6 Å². The third kappa shape index (κ3) is 5.39. The Hall–Kier alpha value is -2.88. The molecule has 0 bridgehead atoms. The topological polar surface area (TPSA) is 52.6 Å². The average Bonchev–Trinajstić information content (AvgIpc) is 2.42. The molecule has 24 heavy (non-hydrogen) atoms. The summed E-state index contributed by atoms with van der Waals surface area (Å²) in [6, 6.07) is 11.0. The zero-order valence-corrected chi connectivity index (χ0v) is 14.3. The second kappa shape index (κ2) is 7.59. The first kappa shape index (κ1) is 17.5. The fourth-order valence-electron chi connectivity index (χ4n) is 2.42. The lowest BCUT2D eigenvalue weighted by atomic mass is 10.1. The highest BCUT2D eigenvalue weighted by Gasteiger charge is 2.06. The van der Waals surface area contributed by atoms with Crippen LogP contribution in [0.4, 0.5) is 0 Å². The van der Waals surface area contributed by atoms with Crippen LogP contribution in [0.1, 0.15) is 22.3 Å². The summed E-state index contributed by atoms with van der Waals surface area (Å²) in [5.74, 6) is -0.357. The van der Waals surface area contributed by atoms with Crippen molar-refractivity contribution in [1.82, 2.24) is 0 Å². The van der Waals surface area contributed by atoms with E-state index in [1.807, 2.05) is 39.8 Å². The number of rotatable bonds is 4. The van der Waals surface area contributed by atoms with Gasteiger partial charge in [-0.2, -0.15) is 0 Å². The molecule has 0 fully saturated rings. The molecule has 0 aromatic heterocycles. The van der Waals surface area contributed by atoms with E-state index in [1.165, 1.54) is 0 Å². The summed E-state index contributed by atoms with van der Waals surface area (Å²) in [6.45, 7) is 7.67. The van der Waals surface area contributed by atoms with Gasteiger partial charge >= 0.3 is 11.9 Å². The number of hydrogen-bond acceptors (Lipinski definition) is 4. The Morgan fingerprint density at radius 3 is 1.21 bits per heavy atom. The predicted octanol–water partition coefficient (Wildman–Crippen LogP) is 3.99. The van der Waals surface area contributed by atoms with Crippen LogP contribution >= 0.6 is 0 Å². The van der Waals surface area contributed by atoms with Gasteiger partial charge in [0.2, 0.25) is 0 Å². The third-order valence-electron chi connectivity index (χ3n) is 3.18. The van der Waals surface area contributed by atoms with Crippen LogP contribution in [-0.2, 0) is 9.59 Å². The molecule has 0 aliphatic rings. The van der Waals surface area contributed by atoms with Crippen LogP contribution in [0, 0.1) is 27.7 Å². The summed E-state index contributed by atoms with van der Waals surface area (Å²) in [5, 5.41) is 0. The van der Waals surface area contributed by atoms with E-state index >= 15 is 0 Å². The summed E-state index contributed by atoms with van der Waals surface area (Å²) in [5.41, 5.74) is 3.99. The molecule has 0 N–H and O–H groups in total. The molecule has 0 atom stereocenters. The molecule has 0 radical (unpaired) electrons. The lowest BCUT2D eigenvalue weighted by Gasteiger charge is -2.05. The smallest absolute Gasteiger partial charge is 0.336 e. The van der Waals surface area contributed by atoms with E-state index in [9.17, 15) is 9.59 Å². The molecule has 0 aliphatic carbocycles. The molecule has 0 saturated carbocycles. The fraction of sp³-hybridized carbons (Fsp3) is 0.200. The first-order valence-corrected chi connectivity index (χ1v) is 7.60. The molecule has 4 nitrogen and oxygen atoms in total. The van der Waals surface area contributed by atoms with Crippen molar-refractivity contribution in [3.8, 4) is 11.5 Å². The van der Waals surface area contributed by atoms with Crippen LogP contribution in [-0.4, -0.2) is 11.9 Å². The number of aryl methyl sites for hydroxylation is 4. The van der Waals surface area contributed by atoms with Crippen molar-refractivity contribution in [3.63, 3.8) is 0 Å². The number of ether oxygens (including phenoxy) is 2. The Kier molecular flexibility index (Phi) is 5.53. The maximum absolute atomic E-state index is 11.8. The highest BCUT2D eigenvalue weighted by Crippen LogP contribution is 2.17. The second-order valence-electron chi connectivity index (χ2n) is 5.82. The molecular formula is C20H20O4. The van der Waals surface area contributed by atoms with Crippen molar-refractivity contribution in [2.45, 2.75) is 27.7 Å². The van der Waals surface area contributed by atoms with E-state index in [2.05, 4.69) is 0 Å². The van der Waals surface area contributed by atoms with Crippen molar-refractivity contribution in [1.29, 1.82) is 0 Å². The lowest BCUT2D eigenvalue weighted by Crippen LogP contribution is -2.08. The molecule has 2 aromatic rings. The van der Waals surface area contributed by atoms with Crippen LogP contribution in [0.25, 0.3) is 0 Å². The van der Waals surface area contributed by atoms with Gasteiger partial charge in [-0.1, -0.05) is 12.1 Å². The Balaban J connectivity index is 1.96. The first-order chi connectivity index (χ1) is 11.3. The minimum atomic E-state index is -0.627. The van der Waals surface area contributed by atoms with Crippen molar-refractivity contribution in [3.05, 3.63) is 70.8 Å². The van der Waals surface area contributed by atoms with Gasteiger partial charge in [-0.3, -0.25) is 0 Å². The van der Waals surface area contributed by atoms with Gasteiger partial charge in [0.05, 0.1) is 0 Å². The summed E-state index contributed by atoms with van der Waals surface area (Å²) < 4.78 is 10.4. The van der Waals surface area contributed by atoms with Crippen molar-refractivity contribution in [2.24, 2.45) is 0 Å². The molecule has 2 aromatic carbocycles. The zero-order valence-electron chi connectivity index (χ0n) is 14.3. The molecular weight excluding hydrogens is 304 g/mol. The van der Waals surface area contributed by atoms with E-state index in [1.54, 1.807) is 24.3 Å². The summed E-state index contributed by atoms with van der Waals surface area (Å²) in [7, 11) is 0. The minimum Gasteiger partial charge on any atom is -0.423 e. The van der Waals surface area contributed by atoms with Gasteiger partial charge in [-0.25, -0.2) is 9.59 Å². The van der Waals surface area contributed by atoms with E-state index in [0.29, 0.717) is 11.5 Å². The molecule has 0 amide bonds. The molecule has 124 valence electrons. The fourth-order valence-corrected chi connectivity index (χ4v) is 2.42. The van der Waals surface area contributed by atoms with Gasteiger partial charge in [0, 0.05) is 12.2 Å². The largest absolute Gasteiger partial charge is 0.423 e. The van der Waals surface area contributed by atoms with E-state index < -0.39 is 11.9 Å². The van der Waals surface area contributed by atoms with E-state index in [0.717, 1.165) is 34.4 Å². The molecule has 2 rings (SSSR count). The normalized spacial score (nSPS) is 10.7. The summed E-state index contributed by atoms with van der Waals surface area (Å²) in [4.78, 5) is 23.6. The maximum atomic E-state index is 11.8. The zero-order chi connectivity index (χ0) is 17.7. The SMILES string of the molecule is Cc1cc(C)cc(OC(=O)/C=C/C(=O)Oc2cc(C)cc(C)c2)c1. The number of esters is 2. The maximum Gasteiger partial charge on any atom is 0.336 e. The summed E-state index contributed by atoms with van der Waals surface area (Å²) in [6.07, 6.45) is 2.12. The van der Waals surface area contributed by atoms with Gasteiger partial charge < -0.3 is 9.47 Å². The Morgan fingerprint density at radius 2 is 0.917 bits per heavy atom. The summed E-state index contributed by atoms with van der Waals surface area (Å²) >= 11 is 0. The predicted molar refractivity (Wildman–Crippen MR) is 92.2 cm³/mol. The average molecular weight is 324 g/mol. The van der Waals surface area contributed by atoms with E-state index in [-0.39, 0.29) is 0 Å². The molecule has 4 heteroatoms. The lowest BCUT2D eigenvalue weighted by molar-refractivity contribution is -0.131. The van der Waals surface area contributed by atoms with Crippen LogP contribution < -0.4 is 9.47 Å². The van der Waals surface area contributed by atoms with Gasteiger partial charge in [0.1, 0.15) is 11.5 Å². The number of benzene rings is 2. The van der Waals surface area contributed by atoms with Gasteiger partial charge in [0.15, 0.2) is 0 Å². The third-order valence-corrected chi connectivity index (χ3v) is 3.18. The highest BCUT2D eigenvalue weighted by atomic mass is 16.5. The van der Waals surface area contributed by atoms with Crippen molar-refractivity contribution < 1.29 is 19.1 Å². The number of carbonyl (C=O) groups excluding carboxylic acids is 2. The Labute approximate surface area is 141 Å².